The van der Waals surface area contributed by atoms with Gasteiger partial charge in [0.15, 0.2) is 0 Å². The molecule has 68 valence electrons. The molecule has 2 N–H and O–H groups in total. The first-order valence-electron chi connectivity index (χ1n) is 3.51. The van der Waals surface area contributed by atoms with Gasteiger partial charge in [-0.25, -0.2) is 0 Å². The van der Waals surface area contributed by atoms with Gasteiger partial charge in [-0.3, -0.25) is 4.79 Å². The summed E-state index contributed by atoms with van der Waals surface area (Å²) < 4.78 is 4.48. The van der Waals surface area contributed by atoms with Crippen molar-refractivity contribution >= 4 is 22.3 Å². The highest BCUT2D eigenvalue weighted by molar-refractivity contribution is 7.14. The minimum absolute atomic E-state index is 0.104. The van der Waals surface area contributed by atoms with Crippen molar-refractivity contribution in [2.75, 3.05) is 12.8 Å². The molecule has 0 radical (unpaired) electrons. The zero-order chi connectivity index (χ0) is 9.84. The van der Waals surface area contributed by atoms with Gasteiger partial charge >= 0.3 is 5.97 Å². The fraction of sp³-hybridized carbons (Fsp3) is 0.250. The van der Waals surface area contributed by atoms with Crippen molar-refractivity contribution in [3.63, 3.8) is 0 Å². The Kier molecular flexibility index (Phi) is 2.88. The first kappa shape index (κ1) is 9.55. The minimum atomic E-state index is -0.366. The molecule has 0 aromatic carbocycles. The number of nitrogens with zero attached hydrogens (tertiary/aromatic N) is 1. The van der Waals surface area contributed by atoms with Crippen LogP contribution in [0.1, 0.15) is 11.1 Å². The number of nitriles is 1. The number of methoxy groups -OCH3 is 1. The van der Waals surface area contributed by atoms with Gasteiger partial charge in [-0.05, 0) is 10.9 Å². The van der Waals surface area contributed by atoms with E-state index in [1.807, 2.05) is 6.07 Å². The second-order valence-electron chi connectivity index (χ2n) is 2.36. The predicted octanol–water partition coefficient (Wildman–Crippen LogP) is 0.917. The maximum absolute atomic E-state index is 10.9. The molecule has 1 heterocycles. The first-order chi connectivity index (χ1) is 6.19. The summed E-state index contributed by atoms with van der Waals surface area (Å²) in [4.78, 5) is 10.9. The molecule has 0 unspecified atom stereocenters. The molecule has 0 aliphatic rings. The van der Waals surface area contributed by atoms with Crippen LogP contribution in [0.15, 0.2) is 5.38 Å². The van der Waals surface area contributed by atoms with Crippen molar-refractivity contribution in [1.29, 1.82) is 5.26 Å². The largest absolute Gasteiger partial charge is 0.469 e. The molecule has 1 rings (SSSR count). The summed E-state index contributed by atoms with van der Waals surface area (Å²) in [7, 11) is 1.31. The van der Waals surface area contributed by atoms with E-state index >= 15 is 0 Å². The minimum Gasteiger partial charge on any atom is -0.469 e. The molecular formula is C8H8N2O2S. The lowest BCUT2D eigenvalue weighted by Crippen LogP contribution is -2.04. The van der Waals surface area contributed by atoms with Gasteiger partial charge in [-0.2, -0.15) is 5.26 Å². The summed E-state index contributed by atoms with van der Waals surface area (Å²) in [6, 6.07) is 1.95. The van der Waals surface area contributed by atoms with E-state index in [0.717, 1.165) is 0 Å². The van der Waals surface area contributed by atoms with Gasteiger partial charge < -0.3 is 10.5 Å². The van der Waals surface area contributed by atoms with Crippen molar-refractivity contribution in [2.45, 2.75) is 6.42 Å². The number of nitrogen functional groups attached to an aromatic ring is 1. The molecule has 0 fully saturated rings. The SMILES string of the molecule is COC(=O)Cc1csc(N)c1C#N. The summed E-state index contributed by atoms with van der Waals surface area (Å²) in [5, 5.41) is 10.8. The molecule has 0 aliphatic heterocycles. The third-order valence-corrected chi connectivity index (χ3v) is 2.43. The molecule has 13 heavy (non-hydrogen) atoms. The van der Waals surface area contributed by atoms with Gasteiger partial charge in [0.1, 0.15) is 11.1 Å². The fourth-order valence-electron chi connectivity index (χ4n) is 0.895. The van der Waals surface area contributed by atoms with Crippen molar-refractivity contribution < 1.29 is 9.53 Å². The van der Waals surface area contributed by atoms with Crippen LogP contribution in [-0.2, 0) is 16.0 Å². The van der Waals surface area contributed by atoms with Gasteiger partial charge in [0, 0.05) is 0 Å². The third kappa shape index (κ3) is 1.98. The van der Waals surface area contributed by atoms with Gasteiger partial charge in [0.2, 0.25) is 0 Å². The number of rotatable bonds is 2. The molecule has 0 amide bonds. The lowest BCUT2D eigenvalue weighted by Gasteiger charge is -1.96. The normalized spacial score (nSPS) is 9.23. The molecular weight excluding hydrogens is 188 g/mol. The highest BCUT2D eigenvalue weighted by Gasteiger charge is 2.12. The monoisotopic (exact) mass is 196 g/mol. The van der Waals surface area contributed by atoms with Gasteiger partial charge in [-0.1, -0.05) is 0 Å². The Balaban J connectivity index is 2.90. The standard InChI is InChI=1S/C8H8N2O2S/c1-12-7(11)2-5-4-13-8(10)6(5)3-9/h4H,2,10H2,1H3. The van der Waals surface area contributed by atoms with Crippen LogP contribution in [0.25, 0.3) is 0 Å². The van der Waals surface area contributed by atoms with Crippen LogP contribution in [0.3, 0.4) is 0 Å². The van der Waals surface area contributed by atoms with Crippen LogP contribution < -0.4 is 5.73 Å². The van der Waals surface area contributed by atoms with Crippen LogP contribution in [-0.4, -0.2) is 13.1 Å². The van der Waals surface area contributed by atoms with Crippen LogP contribution in [0.5, 0.6) is 0 Å². The zero-order valence-corrected chi connectivity index (χ0v) is 7.85. The number of nitrogens with two attached hydrogens (primary N) is 1. The number of thiophene rings is 1. The molecule has 0 saturated heterocycles. The summed E-state index contributed by atoms with van der Waals surface area (Å²) in [5.41, 5.74) is 6.53. The summed E-state index contributed by atoms with van der Waals surface area (Å²) in [5.74, 6) is -0.366. The van der Waals surface area contributed by atoms with Crippen molar-refractivity contribution in [3.8, 4) is 6.07 Å². The zero-order valence-electron chi connectivity index (χ0n) is 7.03. The molecule has 0 spiro atoms. The van der Waals surface area contributed by atoms with Crippen molar-refractivity contribution in [3.05, 3.63) is 16.5 Å². The van der Waals surface area contributed by atoms with Crippen LogP contribution in [0.2, 0.25) is 0 Å². The number of ether oxygens (including phenoxy) is 1. The second-order valence-corrected chi connectivity index (χ2v) is 3.28. The van der Waals surface area contributed by atoms with Crippen LogP contribution in [0, 0.1) is 11.3 Å². The molecule has 0 saturated carbocycles. The molecule has 1 aromatic heterocycles. The Hall–Kier alpha value is -1.54. The van der Waals surface area contributed by atoms with Gasteiger partial charge in [0.05, 0.1) is 19.1 Å². The quantitative estimate of drug-likeness (QED) is 0.713. The third-order valence-electron chi connectivity index (χ3n) is 1.57. The van der Waals surface area contributed by atoms with E-state index in [2.05, 4.69) is 4.74 Å². The second kappa shape index (κ2) is 3.92. The van der Waals surface area contributed by atoms with E-state index in [1.165, 1.54) is 18.4 Å². The maximum Gasteiger partial charge on any atom is 0.310 e. The van der Waals surface area contributed by atoms with E-state index < -0.39 is 0 Å². The first-order valence-corrected chi connectivity index (χ1v) is 4.39. The predicted molar refractivity (Wildman–Crippen MR) is 49.2 cm³/mol. The lowest BCUT2D eigenvalue weighted by atomic mass is 10.1. The Morgan fingerprint density at radius 3 is 3.08 bits per heavy atom. The van der Waals surface area contributed by atoms with Gasteiger partial charge in [0.25, 0.3) is 0 Å². The summed E-state index contributed by atoms with van der Waals surface area (Å²) in [6.45, 7) is 0. The molecule has 0 atom stereocenters. The molecule has 0 aliphatic carbocycles. The highest BCUT2D eigenvalue weighted by atomic mass is 32.1. The fourth-order valence-corrected chi connectivity index (χ4v) is 1.66. The van der Waals surface area contributed by atoms with E-state index in [-0.39, 0.29) is 12.4 Å². The lowest BCUT2D eigenvalue weighted by molar-refractivity contribution is -0.139. The molecule has 5 heteroatoms. The average molecular weight is 196 g/mol. The number of carbonyl (C=O) groups is 1. The average Bonchev–Trinajstić information content (AvgIpc) is 2.46. The van der Waals surface area contributed by atoms with Crippen molar-refractivity contribution in [2.24, 2.45) is 0 Å². The molecule has 0 bridgehead atoms. The number of hydrogen-bond acceptors (Lipinski definition) is 5. The Bertz CT molecular complexity index is 365. The maximum atomic E-state index is 10.9. The van der Waals surface area contributed by atoms with Gasteiger partial charge in [-0.15, -0.1) is 11.3 Å². The molecule has 4 nitrogen and oxygen atoms in total. The Morgan fingerprint density at radius 2 is 2.54 bits per heavy atom. The van der Waals surface area contributed by atoms with E-state index in [9.17, 15) is 4.79 Å². The van der Waals surface area contributed by atoms with E-state index in [0.29, 0.717) is 16.1 Å². The summed E-state index contributed by atoms with van der Waals surface area (Å²) >= 11 is 1.26. The van der Waals surface area contributed by atoms with E-state index in [1.54, 1.807) is 5.38 Å². The number of hydrogen-bond donors (Lipinski definition) is 1. The van der Waals surface area contributed by atoms with Crippen LogP contribution in [0.4, 0.5) is 5.00 Å². The number of esters is 1. The Morgan fingerprint density at radius 1 is 1.85 bits per heavy atom. The summed E-state index contributed by atoms with van der Waals surface area (Å²) in [6.07, 6.45) is 0.104. The number of carbonyl (C=O) groups excluding carboxylic acids is 1. The molecule has 1 aromatic rings. The topological polar surface area (TPSA) is 76.1 Å². The smallest absolute Gasteiger partial charge is 0.310 e. The number of anilines is 1. The Labute approximate surface area is 79.5 Å². The van der Waals surface area contributed by atoms with Crippen LogP contribution >= 0.6 is 11.3 Å². The van der Waals surface area contributed by atoms with Crippen molar-refractivity contribution in [1.82, 2.24) is 0 Å². The highest BCUT2D eigenvalue weighted by Crippen LogP contribution is 2.24. The van der Waals surface area contributed by atoms with E-state index in [4.69, 9.17) is 11.0 Å².